The number of hydrogen-bond donors (Lipinski definition) is 1. The molecule has 0 radical (unpaired) electrons. The van der Waals surface area contributed by atoms with Crippen molar-refractivity contribution in [3.05, 3.63) is 36.0 Å². The zero-order valence-corrected chi connectivity index (χ0v) is 10.8. The highest BCUT2D eigenvalue weighted by Gasteiger charge is 2.32. The van der Waals surface area contributed by atoms with Gasteiger partial charge >= 0.3 is 0 Å². The highest BCUT2D eigenvalue weighted by atomic mass is 16.2. The third kappa shape index (κ3) is 3.34. The third-order valence-electron chi connectivity index (χ3n) is 3.57. The van der Waals surface area contributed by atoms with Crippen LogP contribution in [0.3, 0.4) is 0 Å². The first-order valence-corrected chi connectivity index (χ1v) is 6.11. The molecule has 1 aliphatic rings. The van der Waals surface area contributed by atoms with Gasteiger partial charge in [-0.15, -0.1) is 0 Å². The number of aliphatic hydroxyl groups excluding tert-OH is 1. The van der Waals surface area contributed by atoms with E-state index in [1.807, 2.05) is 13.0 Å². The maximum Gasteiger partial charge on any atom is 0.0617 e. The minimum absolute atomic E-state index is 0.116. The highest BCUT2D eigenvalue weighted by Crippen LogP contribution is 2.43. The summed E-state index contributed by atoms with van der Waals surface area (Å²) in [6, 6.07) is 0. The number of rotatable bonds is 3. The summed E-state index contributed by atoms with van der Waals surface area (Å²) in [5.74, 6) is 0.475. The lowest BCUT2D eigenvalue weighted by Crippen LogP contribution is -2.27. The summed E-state index contributed by atoms with van der Waals surface area (Å²) >= 11 is 0. The molecule has 0 spiro atoms. The summed E-state index contributed by atoms with van der Waals surface area (Å²) in [6.07, 6.45) is 9.88. The second kappa shape index (κ2) is 5.49. The van der Waals surface area contributed by atoms with Crippen molar-refractivity contribution in [1.82, 2.24) is 0 Å². The van der Waals surface area contributed by atoms with Crippen LogP contribution in [0.5, 0.6) is 0 Å². The topological polar surface area (TPSA) is 20.2 Å². The van der Waals surface area contributed by atoms with Crippen LogP contribution in [0, 0.1) is 11.3 Å². The van der Waals surface area contributed by atoms with Crippen LogP contribution in [-0.2, 0) is 0 Å². The van der Waals surface area contributed by atoms with Crippen LogP contribution in [0.2, 0.25) is 0 Å². The highest BCUT2D eigenvalue weighted by molar-refractivity contribution is 5.23. The van der Waals surface area contributed by atoms with E-state index in [4.69, 9.17) is 5.11 Å². The maximum atomic E-state index is 8.80. The largest absolute Gasteiger partial charge is 0.392 e. The Bertz CT molecular complexity index is 307. The number of aliphatic hydroxyl groups is 1. The van der Waals surface area contributed by atoms with E-state index in [0.29, 0.717) is 11.3 Å². The maximum absolute atomic E-state index is 8.80. The monoisotopic (exact) mass is 220 g/mol. The Morgan fingerprint density at radius 2 is 2.25 bits per heavy atom. The van der Waals surface area contributed by atoms with Gasteiger partial charge in [0.2, 0.25) is 0 Å². The Morgan fingerprint density at radius 1 is 1.56 bits per heavy atom. The molecule has 90 valence electrons. The Hall–Kier alpha value is -0.820. The van der Waals surface area contributed by atoms with E-state index in [-0.39, 0.29) is 6.61 Å². The lowest BCUT2D eigenvalue weighted by Gasteiger charge is -2.38. The molecule has 1 unspecified atom stereocenters. The van der Waals surface area contributed by atoms with Gasteiger partial charge in [-0.05, 0) is 31.6 Å². The quantitative estimate of drug-likeness (QED) is 0.565. The average molecular weight is 220 g/mol. The molecule has 1 fully saturated rings. The molecule has 1 heteroatoms. The predicted octanol–water partition coefficient (Wildman–Crippen LogP) is 3.86. The van der Waals surface area contributed by atoms with Crippen LogP contribution in [0.15, 0.2) is 36.0 Å². The lowest BCUT2D eigenvalue weighted by atomic mass is 9.66. The fourth-order valence-corrected chi connectivity index (χ4v) is 2.49. The van der Waals surface area contributed by atoms with E-state index in [1.54, 1.807) is 0 Å². The Kier molecular flexibility index (Phi) is 4.55. The van der Waals surface area contributed by atoms with Gasteiger partial charge in [0, 0.05) is 5.92 Å². The van der Waals surface area contributed by atoms with Crippen molar-refractivity contribution in [2.24, 2.45) is 11.3 Å². The summed E-state index contributed by atoms with van der Waals surface area (Å²) in [4.78, 5) is 0. The average Bonchev–Trinajstić information content (AvgIpc) is 2.16. The molecule has 16 heavy (non-hydrogen) atoms. The molecule has 0 aromatic rings. The van der Waals surface area contributed by atoms with Gasteiger partial charge < -0.3 is 5.11 Å². The van der Waals surface area contributed by atoms with Crippen molar-refractivity contribution in [3.63, 3.8) is 0 Å². The molecule has 0 amide bonds. The fraction of sp³-hybridized carbons (Fsp3) is 0.600. The van der Waals surface area contributed by atoms with E-state index in [9.17, 15) is 0 Å². The first kappa shape index (κ1) is 13.2. The Balaban J connectivity index is 2.77. The van der Waals surface area contributed by atoms with E-state index in [2.05, 4.69) is 32.6 Å². The molecule has 1 rings (SSSR count). The second-order valence-electron chi connectivity index (χ2n) is 5.47. The van der Waals surface area contributed by atoms with Crippen molar-refractivity contribution < 1.29 is 5.11 Å². The molecule has 1 nitrogen and oxygen atoms in total. The van der Waals surface area contributed by atoms with Gasteiger partial charge in [-0.2, -0.15) is 0 Å². The van der Waals surface area contributed by atoms with Crippen molar-refractivity contribution >= 4 is 0 Å². The van der Waals surface area contributed by atoms with Gasteiger partial charge in [-0.3, -0.25) is 0 Å². The summed E-state index contributed by atoms with van der Waals surface area (Å²) in [5.41, 5.74) is 2.80. The van der Waals surface area contributed by atoms with E-state index in [1.165, 1.54) is 18.4 Å². The van der Waals surface area contributed by atoms with Crippen molar-refractivity contribution in [3.8, 4) is 0 Å². The molecule has 1 saturated carbocycles. The summed E-state index contributed by atoms with van der Waals surface area (Å²) in [7, 11) is 0. The lowest BCUT2D eigenvalue weighted by molar-refractivity contribution is 0.228. The van der Waals surface area contributed by atoms with Crippen LogP contribution in [0.25, 0.3) is 0 Å². The van der Waals surface area contributed by atoms with Crippen LogP contribution in [0.4, 0.5) is 0 Å². The molecular formula is C15H24O. The third-order valence-corrected chi connectivity index (χ3v) is 3.57. The molecule has 1 aliphatic carbocycles. The zero-order chi connectivity index (χ0) is 12.2. The Labute approximate surface area is 99.6 Å². The first-order chi connectivity index (χ1) is 7.47. The summed E-state index contributed by atoms with van der Waals surface area (Å²) in [6.45, 7) is 11.0. The smallest absolute Gasteiger partial charge is 0.0617 e. The minimum Gasteiger partial charge on any atom is -0.392 e. The second-order valence-corrected chi connectivity index (χ2v) is 5.47. The molecule has 0 aromatic carbocycles. The number of hydrogen-bond acceptors (Lipinski definition) is 1. The molecule has 0 aromatic heterocycles. The van der Waals surface area contributed by atoms with Crippen LogP contribution >= 0.6 is 0 Å². The van der Waals surface area contributed by atoms with E-state index in [0.717, 1.165) is 12.0 Å². The molecule has 1 N–H and O–H groups in total. The first-order valence-electron chi connectivity index (χ1n) is 6.11. The summed E-state index contributed by atoms with van der Waals surface area (Å²) in [5, 5.41) is 8.80. The van der Waals surface area contributed by atoms with Gasteiger partial charge in [0.25, 0.3) is 0 Å². The van der Waals surface area contributed by atoms with Crippen LogP contribution in [0.1, 0.15) is 40.0 Å². The molecule has 0 bridgehead atoms. The van der Waals surface area contributed by atoms with Gasteiger partial charge in [0.05, 0.1) is 6.61 Å². The van der Waals surface area contributed by atoms with Crippen LogP contribution < -0.4 is 0 Å². The molecule has 0 aliphatic heterocycles. The normalized spacial score (nSPS) is 26.4. The van der Waals surface area contributed by atoms with Gasteiger partial charge in [-0.25, -0.2) is 0 Å². The van der Waals surface area contributed by atoms with Crippen molar-refractivity contribution in [2.75, 3.05) is 6.61 Å². The van der Waals surface area contributed by atoms with Gasteiger partial charge in [0.1, 0.15) is 0 Å². The molecular weight excluding hydrogens is 196 g/mol. The Morgan fingerprint density at radius 3 is 2.81 bits per heavy atom. The zero-order valence-electron chi connectivity index (χ0n) is 10.8. The van der Waals surface area contributed by atoms with Crippen molar-refractivity contribution in [1.29, 1.82) is 0 Å². The van der Waals surface area contributed by atoms with Crippen LogP contribution in [-0.4, -0.2) is 11.7 Å². The SMILES string of the molecule is C=C1CCCC(C)(C)C1C=CC(C)=CCO. The molecule has 0 heterocycles. The molecule has 0 saturated heterocycles. The van der Waals surface area contributed by atoms with E-state index >= 15 is 0 Å². The van der Waals surface area contributed by atoms with Gasteiger partial charge in [-0.1, -0.05) is 49.8 Å². The summed E-state index contributed by atoms with van der Waals surface area (Å²) < 4.78 is 0. The fourth-order valence-electron chi connectivity index (χ4n) is 2.49. The van der Waals surface area contributed by atoms with Gasteiger partial charge in [0.15, 0.2) is 0 Å². The van der Waals surface area contributed by atoms with E-state index < -0.39 is 0 Å². The van der Waals surface area contributed by atoms with Crippen molar-refractivity contribution in [2.45, 2.75) is 40.0 Å². The minimum atomic E-state index is 0.116. The standard InChI is InChI=1S/C15H24O/c1-12(9-11-16)7-8-14-13(2)6-5-10-15(14,3)4/h7-9,14,16H,2,5-6,10-11H2,1,3-4H3. The predicted molar refractivity (Wildman–Crippen MR) is 70.2 cm³/mol. The number of allylic oxidation sites excluding steroid dienone is 4. The molecule has 1 atom stereocenters.